The van der Waals surface area contributed by atoms with E-state index in [1.54, 1.807) is 0 Å². The van der Waals surface area contributed by atoms with Crippen molar-refractivity contribution in [3.63, 3.8) is 0 Å². The third-order valence-corrected chi connectivity index (χ3v) is 4.81. The van der Waals surface area contributed by atoms with Gasteiger partial charge in [0.2, 0.25) is 0 Å². The molecule has 0 aliphatic carbocycles. The molecule has 3 N–H and O–H groups in total. The zero-order valence-corrected chi connectivity index (χ0v) is 13.5. The molecule has 2 saturated heterocycles. The molecule has 4 nitrogen and oxygen atoms in total. The Balaban J connectivity index is 1.42. The first-order valence-corrected chi connectivity index (χ1v) is 8.48. The van der Waals surface area contributed by atoms with Crippen LogP contribution in [0.5, 0.6) is 0 Å². The molecule has 0 aromatic heterocycles. The van der Waals surface area contributed by atoms with Gasteiger partial charge in [-0.25, -0.2) is 15.2 Å². The Hall–Kier alpha value is -1.79. The Morgan fingerprint density at radius 1 is 0.833 bits per heavy atom. The van der Waals surface area contributed by atoms with Gasteiger partial charge in [-0.2, -0.15) is 0 Å². The van der Waals surface area contributed by atoms with E-state index in [2.05, 4.69) is 40.4 Å². The predicted octanol–water partition coefficient (Wildman–Crippen LogP) is 2.77. The molecule has 2 heterocycles. The van der Waals surface area contributed by atoms with Crippen LogP contribution in [0.25, 0.3) is 0 Å². The molecular weight excluding hydrogens is 305 g/mol. The van der Waals surface area contributed by atoms with E-state index in [0.29, 0.717) is 0 Å². The number of benzene rings is 2. The molecule has 0 bridgehead atoms. The molecular formula is C19H22FN3O. The van der Waals surface area contributed by atoms with Crippen LogP contribution in [0.2, 0.25) is 0 Å². The lowest BCUT2D eigenvalue weighted by atomic mass is 9.96. The van der Waals surface area contributed by atoms with Crippen molar-refractivity contribution < 1.29 is 9.13 Å². The lowest BCUT2D eigenvalue weighted by molar-refractivity contribution is 0.0277. The smallest absolute Gasteiger partial charge is 0.123 e. The van der Waals surface area contributed by atoms with E-state index in [9.17, 15) is 4.39 Å². The highest BCUT2D eigenvalue weighted by Gasteiger charge is 2.26. The van der Waals surface area contributed by atoms with E-state index >= 15 is 0 Å². The molecule has 2 aromatic carbocycles. The lowest BCUT2D eigenvalue weighted by Crippen LogP contribution is -2.33. The minimum Gasteiger partial charge on any atom is -0.371 e. The average molecular weight is 327 g/mol. The van der Waals surface area contributed by atoms with Gasteiger partial charge in [0.05, 0.1) is 12.7 Å². The molecule has 2 aliphatic rings. The van der Waals surface area contributed by atoms with Crippen LogP contribution in [0.3, 0.4) is 0 Å². The number of rotatable bonds is 3. The second kappa shape index (κ2) is 6.99. The second-order valence-electron chi connectivity index (χ2n) is 6.41. The van der Waals surface area contributed by atoms with Gasteiger partial charge >= 0.3 is 0 Å². The SMILES string of the molecule is Fc1ccc(C2CC(c3ccc([C@H]4CNCCO4)cc3)NN2)cc1. The molecule has 0 saturated carbocycles. The van der Waals surface area contributed by atoms with Crippen LogP contribution in [0.15, 0.2) is 48.5 Å². The summed E-state index contributed by atoms with van der Waals surface area (Å²) < 4.78 is 18.8. The highest BCUT2D eigenvalue weighted by molar-refractivity contribution is 5.29. The molecule has 2 aromatic rings. The minimum atomic E-state index is -0.198. The van der Waals surface area contributed by atoms with Crippen LogP contribution in [0.4, 0.5) is 4.39 Å². The number of ether oxygens (including phenoxy) is 1. The molecule has 3 atom stereocenters. The lowest BCUT2D eigenvalue weighted by Gasteiger charge is -2.24. The summed E-state index contributed by atoms with van der Waals surface area (Å²) in [5.41, 5.74) is 10.2. The molecule has 126 valence electrons. The Morgan fingerprint density at radius 2 is 1.42 bits per heavy atom. The van der Waals surface area contributed by atoms with E-state index in [1.807, 2.05) is 12.1 Å². The summed E-state index contributed by atoms with van der Waals surface area (Å²) in [6.07, 6.45) is 1.08. The van der Waals surface area contributed by atoms with E-state index < -0.39 is 0 Å². The topological polar surface area (TPSA) is 45.3 Å². The Kier molecular flexibility index (Phi) is 4.58. The third-order valence-electron chi connectivity index (χ3n) is 4.81. The maximum absolute atomic E-state index is 13.1. The maximum atomic E-state index is 13.1. The van der Waals surface area contributed by atoms with Gasteiger partial charge in [0.15, 0.2) is 0 Å². The van der Waals surface area contributed by atoms with Crippen LogP contribution < -0.4 is 16.2 Å². The first-order valence-electron chi connectivity index (χ1n) is 8.48. The normalized spacial score (nSPS) is 27.3. The van der Waals surface area contributed by atoms with Crippen molar-refractivity contribution in [1.82, 2.24) is 16.2 Å². The van der Waals surface area contributed by atoms with Crippen molar-refractivity contribution in [2.45, 2.75) is 24.6 Å². The number of nitrogens with one attached hydrogen (secondary N) is 3. The fraction of sp³-hybridized carbons (Fsp3) is 0.368. The van der Waals surface area contributed by atoms with Crippen molar-refractivity contribution in [3.8, 4) is 0 Å². The van der Waals surface area contributed by atoms with Gasteiger partial charge in [-0.15, -0.1) is 0 Å². The summed E-state index contributed by atoms with van der Waals surface area (Å²) in [6.45, 7) is 2.56. The number of morpholine rings is 1. The molecule has 2 aliphatic heterocycles. The molecule has 24 heavy (non-hydrogen) atoms. The zero-order chi connectivity index (χ0) is 16.4. The van der Waals surface area contributed by atoms with Crippen LogP contribution in [-0.4, -0.2) is 19.7 Å². The second-order valence-corrected chi connectivity index (χ2v) is 6.41. The van der Waals surface area contributed by atoms with E-state index in [4.69, 9.17) is 4.74 Å². The summed E-state index contributed by atoms with van der Waals surface area (Å²) in [6, 6.07) is 15.8. The molecule has 4 rings (SSSR count). The van der Waals surface area contributed by atoms with Crippen LogP contribution in [-0.2, 0) is 4.74 Å². The van der Waals surface area contributed by atoms with Crippen molar-refractivity contribution >= 4 is 0 Å². The zero-order valence-electron chi connectivity index (χ0n) is 13.5. The summed E-state index contributed by atoms with van der Waals surface area (Å²) >= 11 is 0. The van der Waals surface area contributed by atoms with Gasteiger partial charge in [-0.3, -0.25) is 0 Å². The Morgan fingerprint density at radius 3 is 2.00 bits per heavy atom. The van der Waals surface area contributed by atoms with Gasteiger partial charge < -0.3 is 10.1 Å². The highest BCUT2D eigenvalue weighted by Crippen LogP contribution is 2.31. The van der Waals surface area contributed by atoms with E-state index in [1.165, 1.54) is 23.3 Å². The summed E-state index contributed by atoms with van der Waals surface area (Å²) in [5.74, 6) is -0.198. The summed E-state index contributed by atoms with van der Waals surface area (Å²) in [4.78, 5) is 0. The molecule has 0 spiro atoms. The first kappa shape index (κ1) is 15.7. The molecule has 2 fully saturated rings. The van der Waals surface area contributed by atoms with Crippen LogP contribution in [0.1, 0.15) is 41.3 Å². The quantitative estimate of drug-likeness (QED) is 0.811. The maximum Gasteiger partial charge on any atom is 0.123 e. The third kappa shape index (κ3) is 3.35. The molecule has 0 amide bonds. The molecule has 5 heteroatoms. The number of hydrogen-bond acceptors (Lipinski definition) is 4. The van der Waals surface area contributed by atoms with E-state index in [0.717, 1.165) is 31.7 Å². The van der Waals surface area contributed by atoms with Crippen LogP contribution >= 0.6 is 0 Å². The van der Waals surface area contributed by atoms with Gasteiger partial charge in [0.1, 0.15) is 5.82 Å². The van der Waals surface area contributed by atoms with Crippen molar-refractivity contribution in [3.05, 3.63) is 71.0 Å². The molecule has 2 unspecified atom stereocenters. The standard InChI is InChI=1S/C19H22FN3O/c20-16-7-5-14(6-8-16)18-11-17(22-23-18)13-1-3-15(4-2-13)19-12-21-9-10-24-19/h1-8,17-19,21-23H,9-12H2/t17?,18?,19-/m1/s1. The Labute approximate surface area is 141 Å². The van der Waals surface area contributed by atoms with Crippen molar-refractivity contribution in [2.75, 3.05) is 19.7 Å². The fourth-order valence-corrected chi connectivity index (χ4v) is 3.41. The fourth-order valence-electron chi connectivity index (χ4n) is 3.41. The summed E-state index contributed by atoms with van der Waals surface area (Å²) in [5, 5.41) is 3.36. The van der Waals surface area contributed by atoms with Gasteiger partial charge in [0.25, 0.3) is 0 Å². The summed E-state index contributed by atoms with van der Waals surface area (Å²) in [7, 11) is 0. The van der Waals surface area contributed by atoms with Gasteiger partial charge in [0, 0.05) is 25.2 Å². The first-order chi connectivity index (χ1) is 11.8. The largest absolute Gasteiger partial charge is 0.371 e. The minimum absolute atomic E-state index is 0.148. The monoisotopic (exact) mass is 327 g/mol. The van der Waals surface area contributed by atoms with Gasteiger partial charge in [-0.05, 0) is 35.2 Å². The van der Waals surface area contributed by atoms with Crippen molar-refractivity contribution in [2.24, 2.45) is 0 Å². The van der Waals surface area contributed by atoms with E-state index in [-0.39, 0.29) is 24.0 Å². The Bertz CT molecular complexity index is 668. The molecule has 0 radical (unpaired) electrons. The highest BCUT2D eigenvalue weighted by atomic mass is 19.1. The number of halogens is 1. The van der Waals surface area contributed by atoms with Gasteiger partial charge in [-0.1, -0.05) is 36.4 Å². The number of hydrazine groups is 1. The van der Waals surface area contributed by atoms with Crippen LogP contribution in [0, 0.1) is 5.82 Å². The van der Waals surface area contributed by atoms with Crippen molar-refractivity contribution in [1.29, 1.82) is 0 Å². The number of hydrogen-bond donors (Lipinski definition) is 3. The average Bonchev–Trinajstić information content (AvgIpc) is 3.13. The predicted molar refractivity (Wildman–Crippen MR) is 90.8 cm³/mol.